The van der Waals surface area contributed by atoms with Gasteiger partial charge in [0.15, 0.2) is 0 Å². The van der Waals surface area contributed by atoms with E-state index >= 15 is 0 Å². The smallest absolute Gasteiger partial charge is 0.0527 e. The molecule has 0 amide bonds. The van der Waals surface area contributed by atoms with E-state index in [1.807, 2.05) is 0 Å². The predicted molar refractivity (Wildman–Crippen MR) is 254 cm³/mol. The van der Waals surface area contributed by atoms with Crippen LogP contribution in [0.3, 0.4) is 0 Å². The minimum atomic E-state index is 0.0509. The topological polar surface area (TPSA) is 6.48 Å². The van der Waals surface area contributed by atoms with Crippen molar-refractivity contribution in [3.8, 4) is 22.3 Å². The number of anilines is 6. The summed E-state index contributed by atoms with van der Waals surface area (Å²) in [5.74, 6) is 0.0509. The standard InChI is InChI=1S/C58H56N2/c1-36-28-51-54-52(29-36)60(42-25-26-45-46(31-42)56(4,5)34-55(45,2)3)50-33-48-47(57(6,7)35-58(48,8)9)32-44(50)53(54)43-30-40(38-18-14-11-15-19-38)22-27-49(43)59(51)41-23-20-39(21-24-41)37-16-12-10-13-17-37/h10-33,53H,34-35H2,1-9H3. The molecule has 60 heavy (non-hydrogen) atoms. The molecule has 0 aromatic heterocycles. The van der Waals surface area contributed by atoms with Crippen LogP contribution < -0.4 is 9.80 Å². The molecule has 2 heteroatoms. The maximum atomic E-state index is 2.66. The number of rotatable bonds is 4. The summed E-state index contributed by atoms with van der Waals surface area (Å²) in [6.07, 6.45) is 2.27. The van der Waals surface area contributed by atoms with E-state index in [4.69, 9.17) is 0 Å². The summed E-state index contributed by atoms with van der Waals surface area (Å²) in [4.78, 5) is 5.21. The molecule has 1 atom stereocenters. The highest BCUT2D eigenvalue weighted by molar-refractivity contribution is 5.98. The van der Waals surface area contributed by atoms with E-state index in [0.29, 0.717) is 0 Å². The van der Waals surface area contributed by atoms with Crippen LogP contribution in [-0.2, 0) is 21.7 Å². The van der Waals surface area contributed by atoms with Gasteiger partial charge in [-0.15, -0.1) is 0 Å². The molecule has 4 aliphatic rings. The van der Waals surface area contributed by atoms with Gasteiger partial charge < -0.3 is 9.80 Å². The van der Waals surface area contributed by atoms with E-state index in [1.165, 1.54) is 101 Å². The monoisotopic (exact) mass is 780 g/mol. The molecule has 7 aromatic rings. The molecule has 11 rings (SSSR count). The van der Waals surface area contributed by atoms with Crippen LogP contribution in [0.15, 0.2) is 146 Å². The van der Waals surface area contributed by atoms with Crippen LogP contribution in [0.1, 0.15) is 119 Å². The molecule has 2 aliphatic carbocycles. The Morgan fingerprint density at radius 2 is 0.850 bits per heavy atom. The second-order valence-corrected chi connectivity index (χ2v) is 20.9. The third-order valence-corrected chi connectivity index (χ3v) is 14.6. The zero-order valence-corrected chi connectivity index (χ0v) is 36.7. The molecule has 0 N–H and O–H groups in total. The fourth-order valence-corrected chi connectivity index (χ4v) is 12.5. The van der Waals surface area contributed by atoms with Crippen LogP contribution in [0, 0.1) is 6.92 Å². The van der Waals surface area contributed by atoms with Crippen LogP contribution in [0.25, 0.3) is 22.3 Å². The Morgan fingerprint density at radius 3 is 1.47 bits per heavy atom. The van der Waals surface area contributed by atoms with E-state index in [9.17, 15) is 0 Å². The number of hydrogen-bond donors (Lipinski definition) is 0. The Bertz CT molecular complexity index is 2870. The summed E-state index contributed by atoms with van der Waals surface area (Å²) < 4.78 is 0. The number of benzene rings is 7. The second-order valence-electron chi connectivity index (χ2n) is 20.9. The lowest BCUT2D eigenvalue weighted by atomic mass is 9.73. The van der Waals surface area contributed by atoms with Gasteiger partial charge in [-0.1, -0.05) is 146 Å². The van der Waals surface area contributed by atoms with Gasteiger partial charge in [-0.2, -0.15) is 0 Å². The highest BCUT2D eigenvalue weighted by Gasteiger charge is 2.48. The number of nitrogens with zero attached hydrogens (tertiary/aromatic N) is 2. The van der Waals surface area contributed by atoms with Crippen molar-refractivity contribution in [1.82, 2.24) is 0 Å². The average Bonchev–Trinajstić information content (AvgIpc) is 3.53. The molecular formula is C58H56N2. The molecule has 2 heterocycles. The summed E-state index contributed by atoms with van der Waals surface area (Å²) in [6, 6.07) is 55.7. The van der Waals surface area contributed by atoms with Crippen molar-refractivity contribution in [3.05, 3.63) is 190 Å². The number of aryl methyl sites for hydroxylation is 1. The molecule has 0 saturated heterocycles. The molecule has 0 saturated carbocycles. The van der Waals surface area contributed by atoms with Crippen molar-refractivity contribution in [1.29, 1.82) is 0 Å². The van der Waals surface area contributed by atoms with E-state index in [-0.39, 0.29) is 27.6 Å². The zero-order valence-electron chi connectivity index (χ0n) is 36.7. The van der Waals surface area contributed by atoms with Gasteiger partial charge in [-0.05, 0) is 157 Å². The first-order chi connectivity index (χ1) is 28.6. The molecule has 7 aromatic carbocycles. The van der Waals surface area contributed by atoms with Gasteiger partial charge in [0.2, 0.25) is 0 Å². The van der Waals surface area contributed by atoms with Crippen molar-refractivity contribution in [2.75, 3.05) is 9.80 Å². The lowest BCUT2D eigenvalue weighted by Gasteiger charge is -2.46. The van der Waals surface area contributed by atoms with E-state index in [0.717, 1.165) is 12.8 Å². The van der Waals surface area contributed by atoms with Crippen molar-refractivity contribution < 1.29 is 0 Å². The summed E-state index contributed by atoms with van der Waals surface area (Å²) in [5.41, 5.74) is 24.2. The predicted octanol–water partition coefficient (Wildman–Crippen LogP) is 16.0. The summed E-state index contributed by atoms with van der Waals surface area (Å²) in [5, 5.41) is 0. The Balaban J connectivity index is 1.22. The van der Waals surface area contributed by atoms with Gasteiger partial charge in [0.1, 0.15) is 0 Å². The molecule has 0 fully saturated rings. The molecule has 298 valence electrons. The fraction of sp³-hybridized carbons (Fsp3) is 0.276. The summed E-state index contributed by atoms with van der Waals surface area (Å²) in [6.45, 7) is 21.9. The van der Waals surface area contributed by atoms with Crippen LogP contribution in [0.5, 0.6) is 0 Å². The van der Waals surface area contributed by atoms with Crippen LogP contribution in [0.4, 0.5) is 34.1 Å². The van der Waals surface area contributed by atoms with Crippen molar-refractivity contribution in [2.45, 2.75) is 103 Å². The Kier molecular flexibility index (Phi) is 7.79. The third kappa shape index (κ3) is 5.45. The minimum absolute atomic E-state index is 0.0509. The Morgan fingerprint density at radius 1 is 0.383 bits per heavy atom. The molecule has 1 unspecified atom stereocenters. The molecule has 0 radical (unpaired) electrons. The number of hydrogen-bond acceptors (Lipinski definition) is 2. The van der Waals surface area contributed by atoms with Crippen molar-refractivity contribution >= 4 is 34.1 Å². The first-order valence-electron chi connectivity index (χ1n) is 22.1. The van der Waals surface area contributed by atoms with Crippen LogP contribution >= 0.6 is 0 Å². The van der Waals surface area contributed by atoms with Gasteiger partial charge in [0.25, 0.3) is 0 Å². The zero-order chi connectivity index (χ0) is 41.5. The van der Waals surface area contributed by atoms with Gasteiger partial charge in [0.05, 0.1) is 22.7 Å². The second kappa shape index (κ2) is 12.6. The molecule has 0 bridgehead atoms. The largest absolute Gasteiger partial charge is 0.310 e. The molecule has 2 nitrogen and oxygen atoms in total. The van der Waals surface area contributed by atoms with Gasteiger partial charge in [0, 0.05) is 22.9 Å². The van der Waals surface area contributed by atoms with Gasteiger partial charge in [-0.3, -0.25) is 0 Å². The van der Waals surface area contributed by atoms with E-state index < -0.39 is 0 Å². The third-order valence-electron chi connectivity index (χ3n) is 14.6. The summed E-state index contributed by atoms with van der Waals surface area (Å²) >= 11 is 0. The summed E-state index contributed by atoms with van der Waals surface area (Å²) in [7, 11) is 0. The highest BCUT2D eigenvalue weighted by atomic mass is 15.2. The maximum Gasteiger partial charge on any atom is 0.0527 e. The highest BCUT2D eigenvalue weighted by Crippen LogP contribution is 2.64. The fourth-order valence-electron chi connectivity index (χ4n) is 12.5. The molecular weight excluding hydrogens is 725 g/mol. The van der Waals surface area contributed by atoms with Gasteiger partial charge >= 0.3 is 0 Å². The minimum Gasteiger partial charge on any atom is -0.310 e. The van der Waals surface area contributed by atoms with Crippen LogP contribution in [-0.4, -0.2) is 0 Å². The van der Waals surface area contributed by atoms with Crippen LogP contribution in [0.2, 0.25) is 0 Å². The number of fused-ring (bicyclic) bond motifs is 6. The van der Waals surface area contributed by atoms with E-state index in [2.05, 4.69) is 218 Å². The Labute approximate surface area is 357 Å². The maximum absolute atomic E-state index is 2.66. The lowest BCUT2D eigenvalue weighted by molar-refractivity contribution is 0.402. The first kappa shape index (κ1) is 37.2. The molecule has 0 spiro atoms. The molecule has 2 aliphatic heterocycles. The SMILES string of the molecule is Cc1cc2c3c(c1)N(c1ccc4c(c1)C(C)(C)CC4(C)C)c1cc4c(cc1C3c1cc(-c3ccccc3)ccc1N2c1ccc(-c2ccccc2)cc1)C(C)(C)CC4(C)C. The quantitative estimate of drug-likeness (QED) is 0.175. The van der Waals surface area contributed by atoms with Crippen molar-refractivity contribution in [2.24, 2.45) is 0 Å². The van der Waals surface area contributed by atoms with Gasteiger partial charge in [-0.25, -0.2) is 0 Å². The Hall–Kier alpha value is -5.86. The normalized spacial score (nSPS) is 19.2. The van der Waals surface area contributed by atoms with Crippen molar-refractivity contribution in [3.63, 3.8) is 0 Å². The lowest BCUT2D eigenvalue weighted by Crippen LogP contribution is -2.30. The van der Waals surface area contributed by atoms with E-state index in [1.54, 1.807) is 0 Å². The first-order valence-corrected chi connectivity index (χ1v) is 22.1. The average molecular weight is 781 g/mol.